The molecule has 2 aromatic rings. The van der Waals surface area contributed by atoms with Gasteiger partial charge in [0, 0.05) is 4.47 Å². The van der Waals surface area contributed by atoms with E-state index < -0.39 is 11.7 Å². The second kappa shape index (κ2) is 5.85. The Morgan fingerprint density at radius 2 is 2.10 bits per heavy atom. The molecule has 0 unspecified atom stereocenters. The van der Waals surface area contributed by atoms with E-state index in [9.17, 15) is 9.18 Å². The minimum atomic E-state index is -0.659. The molecule has 0 saturated heterocycles. The summed E-state index contributed by atoms with van der Waals surface area (Å²) in [6, 6.07) is 11.2. The largest absolute Gasteiger partial charge is 0.321 e. The molecule has 2 aromatic carbocycles. The molecule has 0 radical (unpaired) electrons. The van der Waals surface area contributed by atoms with Crippen LogP contribution in [0.3, 0.4) is 0 Å². The molecule has 0 aliphatic heterocycles. The van der Waals surface area contributed by atoms with Crippen LogP contribution >= 0.6 is 15.9 Å². The van der Waals surface area contributed by atoms with Crippen LogP contribution in [0, 0.1) is 24.1 Å². The first-order valence-corrected chi connectivity index (χ1v) is 6.58. The average Bonchev–Trinajstić information content (AvgIpc) is 2.41. The number of halogens is 2. The number of hydrogen-bond donors (Lipinski definition) is 1. The van der Waals surface area contributed by atoms with Crippen LogP contribution in [0.5, 0.6) is 0 Å². The lowest BCUT2D eigenvalue weighted by Crippen LogP contribution is -2.14. The van der Waals surface area contributed by atoms with E-state index in [1.807, 2.05) is 13.0 Å². The Labute approximate surface area is 124 Å². The van der Waals surface area contributed by atoms with Crippen molar-refractivity contribution in [2.45, 2.75) is 6.92 Å². The number of rotatable bonds is 2. The van der Waals surface area contributed by atoms with Crippen molar-refractivity contribution in [1.82, 2.24) is 0 Å². The van der Waals surface area contributed by atoms with Gasteiger partial charge in [0.05, 0.1) is 11.3 Å². The number of nitrogens with one attached hydrogen (secondary N) is 1. The van der Waals surface area contributed by atoms with Crippen LogP contribution in [0.4, 0.5) is 10.1 Å². The minimum Gasteiger partial charge on any atom is -0.321 e. The smallest absolute Gasteiger partial charge is 0.256 e. The summed E-state index contributed by atoms with van der Waals surface area (Å²) in [5.74, 6) is -1.06. The highest BCUT2D eigenvalue weighted by Gasteiger charge is 2.14. The van der Waals surface area contributed by atoms with Crippen molar-refractivity contribution in [3.05, 3.63) is 63.4 Å². The molecule has 0 fully saturated rings. The van der Waals surface area contributed by atoms with E-state index in [2.05, 4.69) is 21.2 Å². The van der Waals surface area contributed by atoms with E-state index in [4.69, 9.17) is 5.26 Å². The summed E-state index contributed by atoms with van der Waals surface area (Å²) in [5, 5.41) is 11.5. The molecular formula is C15H10BrFN2O. The highest BCUT2D eigenvalue weighted by molar-refractivity contribution is 9.10. The van der Waals surface area contributed by atoms with Gasteiger partial charge in [0.25, 0.3) is 5.91 Å². The molecule has 2 rings (SSSR count). The number of nitriles is 1. The molecule has 1 amide bonds. The van der Waals surface area contributed by atoms with Crippen molar-refractivity contribution in [1.29, 1.82) is 5.26 Å². The lowest BCUT2D eigenvalue weighted by molar-refractivity contribution is 0.102. The Kier molecular flexibility index (Phi) is 4.16. The number of benzene rings is 2. The van der Waals surface area contributed by atoms with Crippen molar-refractivity contribution < 1.29 is 9.18 Å². The summed E-state index contributed by atoms with van der Waals surface area (Å²) in [6.45, 7) is 1.87. The summed E-state index contributed by atoms with van der Waals surface area (Å²) < 4.78 is 14.1. The molecule has 0 heterocycles. The quantitative estimate of drug-likeness (QED) is 0.902. The van der Waals surface area contributed by atoms with Gasteiger partial charge < -0.3 is 5.32 Å². The van der Waals surface area contributed by atoms with Gasteiger partial charge in [-0.05, 0) is 47.1 Å². The van der Waals surface area contributed by atoms with Gasteiger partial charge in [0.15, 0.2) is 0 Å². The fourth-order valence-electron chi connectivity index (χ4n) is 1.74. The first-order chi connectivity index (χ1) is 9.52. The van der Waals surface area contributed by atoms with Crippen molar-refractivity contribution in [2.75, 3.05) is 5.32 Å². The Balaban J connectivity index is 2.36. The normalized spacial score (nSPS) is 9.90. The molecule has 3 nitrogen and oxygen atoms in total. The van der Waals surface area contributed by atoms with Gasteiger partial charge >= 0.3 is 0 Å². The number of amides is 1. The van der Waals surface area contributed by atoms with E-state index >= 15 is 0 Å². The van der Waals surface area contributed by atoms with Crippen molar-refractivity contribution in [3.8, 4) is 6.07 Å². The van der Waals surface area contributed by atoms with E-state index in [0.29, 0.717) is 10.0 Å². The van der Waals surface area contributed by atoms with Gasteiger partial charge in [-0.3, -0.25) is 4.79 Å². The third kappa shape index (κ3) is 2.86. The van der Waals surface area contributed by atoms with Gasteiger partial charge in [-0.1, -0.05) is 17.7 Å². The first kappa shape index (κ1) is 14.2. The molecule has 0 atom stereocenters. The van der Waals surface area contributed by atoms with E-state index in [1.165, 1.54) is 18.2 Å². The molecule has 0 bridgehead atoms. The maximum Gasteiger partial charge on any atom is 0.256 e. The highest BCUT2D eigenvalue weighted by Crippen LogP contribution is 2.22. The average molecular weight is 333 g/mol. The lowest BCUT2D eigenvalue weighted by Gasteiger charge is -2.09. The summed E-state index contributed by atoms with van der Waals surface area (Å²) in [7, 11) is 0. The van der Waals surface area contributed by atoms with Crippen LogP contribution in [0.15, 0.2) is 40.9 Å². The van der Waals surface area contributed by atoms with Crippen LogP contribution in [-0.2, 0) is 0 Å². The Bertz CT molecular complexity index is 722. The van der Waals surface area contributed by atoms with E-state index in [1.54, 1.807) is 18.2 Å². The molecule has 0 saturated carbocycles. The number of aryl methyl sites for hydroxylation is 1. The maximum absolute atomic E-state index is 13.5. The molecule has 100 valence electrons. The van der Waals surface area contributed by atoms with Gasteiger partial charge in [-0.15, -0.1) is 0 Å². The Morgan fingerprint density at radius 1 is 1.35 bits per heavy atom. The molecule has 5 heteroatoms. The molecule has 0 aliphatic carbocycles. The van der Waals surface area contributed by atoms with Crippen LogP contribution in [-0.4, -0.2) is 5.91 Å². The standard InChI is InChI=1S/C15H10BrFN2O/c1-9-5-6-12(16)10(7-9)15(20)19-14-4-2-3-13(17)11(14)8-18/h2-7H,1H3,(H,19,20). The van der Waals surface area contributed by atoms with E-state index in [-0.39, 0.29) is 11.3 Å². The van der Waals surface area contributed by atoms with Crippen molar-refractivity contribution >= 4 is 27.5 Å². The lowest BCUT2D eigenvalue weighted by atomic mass is 10.1. The maximum atomic E-state index is 13.5. The zero-order chi connectivity index (χ0) is 14.7. The fraction of sp³-hybridized carbons (Fsp3) is 0.0667. The van der Waals surface area contributed by atoms with Crippen molar-refractivity contribution in [3.63, 3.8) is 0 Å². The first-order valence-electron chi connectivity index (χ1n) is 5.79. The van der Waals surface area contributed by atoms with Gasteiger partial charge in [-0.25, -0.2) is 4.39 Å². The second-order valence-corrected chi connectivity index (χ2v) is 5.07. The SMILES string of the molecule is Cc1ccc(Br)c(C(=O)Nc2cccc(F)c2C#N)c1. The molecular weight excluding hydrogens is 323 g/mol. The minimum absolute atomic E-state index is 0.158. The van der Waals surface area contributed by atoms with Crippen LogP contribution in [0.25, 0.3) is 0 Å². The Hall–Kier alpha value is -2.19. The Morgan fingerprint density at radius 3 is 2.80 bits per heavy atom. The summed E-state index contributed by atoms with van der Waals surface area (Å²) in [4.78, 5) is 12.2. The second-order valence-electron chi connectivity index (χ2n) is 4.21. The monoisotopic (exact) mass is 332 g/mol. The highest BCUT2D eigenvalue weighted by atomic mass is 79.9. The van der Waals surface area contributed by atoms with Crippen LogP contribution in [0.1, 0.15) is 21.5 Å². The number of hydrogen-bond acceptors (Lipinski definition) is 2. The summed E-state index contributed by atoms with van der Waals surface area (Å²) in [5.41, 5.74) is 1.34. The molecule has 0 aliphatic rings. The molecule has 0 spiro atoms. The number of anilines is 1. The predicted molar refractivity (Wildman–Crippen MR) is 77.9 cm³/mol. The zero-order valence-electron chi connectivity index (χ0n) is 10.6. The predicted octanol–water partition coefficient (Wildman–Crippen LogP) is 4.02. The molecule has 0 aromatic heterocycles. The van der Waals surface area contributed by atoms with Gasteiger partial charge in [0.2, 0.25) is 0 Å². The third-order valence-electron chi connectivity index (χ3n) is 2.74. The zero-order valence-corrected chi connectivity index (χ0v) is 12.2. The van der Waals surface area contributed by atoms with Gasteiger partial charge in [-0.2, -0.15) is 5.26 Å². The van der Waals surface area contributed by atoms with E-state index in [0.717, 1.165) is 5.56 Å². The van der Waals surface area contributed by atoms with Crippen molar-refractivity contribution in [2.24, 2.45) is 0 Å². The number of carbonyl (C=O) groups is 1. The topological polar surface area (TPSA) is 52.9 Å². The molecule has 20 heavy (non-hydrogen) atoms. The third-order valence-corrected chi connectivity index (χ3v) is 3.43. The fourth-order valence-corrected chi connectivity index (χ4v) is 2.17. The van der Waals surface area contributed by atoms with Crippen LogP contribution in [0.2, 0.25) is 0 Å². The van der Waals surface area contributed by atoms with Gasteiger partial charge in [0.1, 0.15) is 17.4 Å². The number of carbonyl (C=O) groups excluding carboxylic acids is 1. The number of nitrogens with zero attached hydrogens (tertiary/aromatic N) is 1. The molecule has 1 N–H and O–H groups in total. The summed E-state index contributed by atoms with van der Waals surface area (Å²) >= 11 is 3.29. The van der Waals surface area contributed by atoms with Crippen LogP contribution < -0.4 is 5.32 Å². The summed E-state index contributed by atoms with van der Waals surface area (Å²) in [6.07, 6.45) is 0.